The Kier molecular flexibility index (Phi) is 7.68. The van der Waals surface area contributed by atoms with Crippen LogP contribution in [0, 0.1) is 0 Å². The summed E-state index contributed by atoms with van der Waals surface area (Å²) in [6.45, 7) is 1.55. The van der Waals surface area contributed by atoms with Crippen LogP contribution in [0.15, 0.2) is 114 Å². The van der Waals surface area contributed by atoms with Crippen molar-refractivity contribution in [3.63, 3.8) is 0 Å². The maximum Gasteiger partial charge on any atom is 0.319 e. The van der Waals surface area contributed by atoms with E-state index in [-0.39, 0.29) is 5.91 Å². The molecule has 200 valence electrons. The van der Waals surface area contributed by atoms with Gasteiger partial charge in [-0.25, -0.2) is 9.79 Å². The molecule has 40 heavy (non-hydrogen) atoms. The van der Waals surface area contributed by atoms with Gasteiger partial charge in [0.15, 0.2) is 0 Å². The van der Waals surface area contributed by atoms with Crippen molar-refractivity contribution >= 4 is 34.9 Å². The fourth-order valence-corrected chi connectivity index (χ4v) is 4.51. The highest BCUT2D eigenvalue weighted by molar-refractivity contribution is 6.20. The van der Waals surface area contributed by atoms with Gasteiger partial charge in [0.2, 0.25) is 12.1 Å². The van der Waals surface area contributed by atoms with Crippen molar-refractivity contribution in [2.45, 2.75) is 19.1 Å². The van der Waals surface area contributed by atoms with Crippen molar-refractivity contribution < 1.29 is 14.4 Å². The average molecular weight is 532 g/mol. The second-order valence-electron chi connectivity index (χ2n) is 9.43. The van der Waals surface area contributed by atoms with Crippen LogP contribution >= 0.6 is 0 Å². The monoisotopic (exact) mass is 531 g/mol. The van der Waals surface area contributed by atoms with E-state index in [1.54, 1.807) is 26.1 Å². The molecule has 0 saturated carbocycles. The second-order valence-corrected chi connectivity index (χ2v) is 9.43. The molecule has 1 aliphatic heterocycles. The number of benzodiazepines with no additional fused rings is 1. The first kappa shape index (κ1) is 26.4. The van der Waals surface area contributed by atoms with E-state index >= 15 is 0 Å². The molecule has 0 fully saturated rings. The summed E-state index contributed by atoms with van der Waals surface area (Å²) in [5.74, 6) is -0.926. The molecule has 0 bridgehead atoms. The zero-order valence-corrected chi connectivity index (χ0v) is 22.2. The van der Waals surface area contributed by atoms with Crippen LogP contribution in [-0.4, -0.2) is 42.8 Å². The van der Waals surface area contributed by atoms with Gasteiger partial charge in [-0.2, -0.15) is 0 Å². The number of benzene rings is 4. The van der Waals surface area contributed by atoms with Crippen molar-refractivity contribution in [3.05, 3.63) is 120 Å². The number of likely N-dealkylation sites (N-methyl/N-ethyl adjacent to an activating group) is 1. The number of nitrogens with zero attached hydrogens (tertiary/aromatic N) is 2. The maximum absolute atomic E-state index is 13.3. The minimum absolute atomic E-state index is 0.387. The summed E-state index contributed by atoms with van der Waals surface area (Å²) in [5, 5.41) is 8.08. The SMILES string of the molecule is C[C@H](NC(=O)Nc1ccc(-c2ccccc2)cc1)C(=O)N[C@H]1N=C(c2ccccc2)c2ccccc2N(C)C1=O. The summed E-state index contributed by atoms with van der Waals surface area (Å²) in [7, 11) is 1.65. The van der Waals surface area contributed by atoms with E-state index in [0.29, 0.717) is 17.1 Å². The van der Waals surface area contributed by atoms with E-state index in [1.807, 2.05) is 97.1 Å². The molecule has 4 aromatic rings. The van der Waals surface area contributed by atoms with Crippen molar-refractivity contribution in [1.29, 1.82) is 0 Å². The third kappa shape index (κ3) is 5.76. The Hall–Kier alpha value is -5.24. The first-order valence-corrected chi connectivity index (χ1v) is 12.9. The number of urea groups is 1. The molecule has 1 aliphatic rings. The maximum atomic E-state index is 13.3. The van der Waals surface area contributed by atoms with Gasteiger partial charge in [-0.15, -0.1) is 0 Å². The van der Waals surface area contributed by atoms with E-state index in [2.05, 4.69) is 20.9 Å². The van der Waals surface area contributed by atoms with Gasteiger partial charge in [-0.3, -0.25) is 9.59 Å². The number of nitrogens with one attached hydrogen (secondary N) is 3. The molecule has 0 radical (unpaired) electrons. The molecule has 0 saturated heterocycles. The van der Waals surface area contributed by atoms with E-state index in [0.717, 1.165) is 22.3 Å². The lowest BCUT2D eigenvalue weighted by atomic mass is 10.0. The molecule has 4 aromatic carbocycles. The Bertz CT molecular complexity index is 1550. The number of carbonyl (C=O) groups excluding carboxylic acids is 3. The van der Waals surface area contributed by atoms with E-state index in [1.165, 1.54) is 4.90 Å². The number of aliphatic imine (C=N–C) groups is 1. The molecular formula is C32H29N5O3. The molecule has 0 spiro atoms. The van der Waals surface area contributed by atoms with Crippen LogP contribution in [0.2, 0.25) is 0 Å². The number of carbonyl (C=O) groups is 3. The first-order valence-electron chi connectivity index (χ1n) is 12.9. The van der Waals surface area contributed by atoms with Crippen LogP contribution in [0.4, 0.5) is 16.2 Å². The zero-order valence-electron chi connectivity index (χ0n) is 22.2. The number of fused-ring (bicyclic) bond motifs is 1. The number of rotatable bonds is 6. The van der Waals surface area contributed by atoms with E-state index < -0.39 is 24.1 Å². The van der Waals surface area contributed by atoms with Crippen LogP contribution in [0.1, 0.15) is 18.1 Å². The van der Waals surface area contributed by atoms with Crippen LogP contribution in [0.25, 0.3) is 11.1 Å². The van der Waals surface area contributed by atoms with Crippen molar-refractivity contribution in [1.82, 2.24) is 10.6 Å². The predicted molar refractivity (Wildman–Crippen MR) is 157 cm³/mol. The third-order valence-corrected chi connectivity index (χ3v) is 6.66. The van der Waals surface area contributed by atoms with Crippen molar-refractivity contribution in [2.24, 2.45) is 4.99 Å². The van der Waals surface area contributed by atoms with Crippen LogP contribution in [0.3, 0.4) is 0 Å². The van der Waals surface area contributed by atoms with Gasteiger partial charge in [0.05, 0.1) is 11.4 Å². The summed E-state index contributed by atoms with van der Waals surface area (Å²) in [4.78, 5) is 45.2. The van der Waals surface area contributed by atoms with Gasteiger partial charge in [0, 0.05) is 23.9 Å². The number of hydrogen-bond donors (Lipinski definition) is 3. The number of para-hydroxylation sites is 1. The van der Waals surface area contributed by atoms with Crippen LogP contribution in [-0.2, 0) is 9.59 Å². The van der Waals surface area contributed by atoms with Gasteiger partial charge in [-0.05, 0) is 36.2 Å². The Labute approximate surface area is 232 Å². The summed E-state index contributed by atoms with van der Waals surface area (Å²) < 4.78 is 0. The highest BCUT2D eigenvalue weighted by Gasteiger charge is 2.32. The molecule has 1 heterocycles. The lowest BCUT2D eigenvalue weighted by molar-refractivity contribution is -0.128. The minimum atomic E-state index is -1.17. The quantitative estimate of drug-likeness (QED) is 0.332. The fourth-order valence-electron chi connectivity index (χ4n) is 4.51. The number of anilines is 2. The third-order valence-electron chi connectivity index (χ3n) is 6.66. The molecular weight excluding hydrogens is 502 g/mol. The number of hydrogen-bond acceptors (Lipinski definition) is 4. The zero-order chi connectivity index (χ0) is 28.1. The lowest BCUT2D eigenvalue weighted by Crippen LogP contribution is -2.52. The Morgan fingerprint density at radius 1 is 0.775 bits per heavy atom. The van der Waals surface area contributed by atoms with Gasteiger partial charge in [0.1, 0.15) is 6.04 Å². The van der Waals surface area contributed by atoms with E-state index in [4.69, 9.17) is 0 Å². The number of amides is 4. The van der Waals surface area contributed by atoms with Crippen LogP contribution in [0.5, 0.6) is 0 Å². The molecule has 5 rings (SSSR count). The Morgan fingerprint density at radius 2 is 1.35 bits per heavy atom. The lowest BCUT2D eigenvalue weighted by Gasteiger charge is -2.22. The van der Waals surface area contributed by atoms with Crippen molar-refractivity contribution in [3.8, 4) is 11.1 Å². The summed E-state index contributed by atoms with van der Waals surface area (Å²) in [6, 6.07) is 32.8. The Balaban J connectivity index is 1.27. The van der Waals surface area contributed by atoms with Crippen LogP contribution < -0.4 is 20.9 Å². The standard InChI is InChI=1S/C32H29N5O3/c1-21(33-32(40)34-25-19-17-23(18-20-25)22-11-5-3-6-12-22)30(38)36-29-31(39)37(2)27-16-10-9-15-26(27)28(35-29)24-13-7-4-8-14-24/h3-21,29H,1-2H3,(H,36,38)(H2,33,34,40)/t21-,29+/m0/s1. The average Bonchev–Trinajstić information content (AvgIpc) is 3.09. The Morgan fingerprint density at radius 3 is 2.02 bits per heavy atom. The van der Waals surface area contributed by atoms with Crippen molar-refractivity contribution in [2.75, 3.05) is 17.3 Å². The van der Waals surface area contributed by atoms with Gasteiger partial charge in [-0.1, -0.05) is 91.0 Å². The highest BCUT2D eigenvalue weighted by atomic mass is 16.2. The summed E-state index contributed by atoms with van der Waals surface area (Å²) in [6.07, 6.45) is -1.17. The molecule has 8 heteroatoms. The molecule has 4 amide bonds. The second kappa shape index (κ2) is 11.7. The summed E-state index contributed by atoms with van der Waals surface area (Å²) in [5.41, 5.74) is 5.57. The van der Waals surface area contributed by atoms with Gasteiger partial charge < -0.3 is 20.9 Å². The topological polar surface area (TPSA) is 103 Å². The molecule has 0 aliphatic carbocycles. The molecule has 2 atom stereocenters. The summed E-state index contributed by atoms with van der Waals surface area (Å²) >= 11 is 0. The van der Waals surface area contributed by atoms with E-state index in [9.17, 15) is 14.4 Å². The normalized spacial score (nSPS) is 15.2. The molecule has 0 unspecified atom stereocenters. The highest BCUT2D eigenvalue weighted by Crippen LogP contribution is 2.27. The molecule has 0 aromatic heterocycles. The van der Waals surface area contributed by atoms with Gasteiger partial charge in [0.25, 0.3) is 5.91 Å². The van der Waals surface area contributed by atoms with Gasteiger partial charge >= 0.3 is 6.03 Å². The smallest absolute Gasteiger partial charge is 0.319 e. The first-order chi connectivity index (χ1) is 19.4. The fraction of sp³-hybridized carbons (Fsp3) is 0.125. The largest absolute Gasteiger partial charge is 0.326 e. The molecule has 3 N–H and O–H groups in total. The molecule has 8 nitrogen and oxygen atoms in total. The predicted octanol–water partition coefficient (Wildman–Crippen LogP) is 4.82. The minimum Gasteiger partial charge on any atom is -0.326 e.